The Morgan fingerprint density at radius 1 is 0.331 bits per heavy atom. The van der Waals surface area contributed by atoms with E-state index in [9.17, 15) is 29.2 Å². The Morgan fingerprint density at radius 3 is 0.808 bits per heavy atom. The van der Waals surface area contributed by atoms with E-state index in [-0.39, 0.29) is 72.2 Å². The van der Waals surface area contributed by atoms with Gasteiger partial charge in [-0.25, -0.2) is 18.7 Å². The van der Waals surface area contributed by atoms with Crippen molar-refractivity contribution in [3.8, 4) is 46.0 Å². The quantitative estimate of drug-likeness (QED) is 0.0261. The highest BCUT2D eigenvalue weighted by Crippen LogP contribution is 2.40. The second kappa shape index (κ2) is 52.1. The smallest absolute Gasteiger partial charge is 0.165 e. The third kappa shape index (κ3) is 32.9. The molecule has 0 radical (unpaired) electrons. The van der Waals surface area contributed by atoms with E-state index in [1.54, 1.807) is 47.9 Å². The van der Waals surface area contributed by atoms with Crippen LogP contribution in [0, 0.1) is 49.2 Å². The lowest BCUT2D eigenvalue weighted by Crippen LogP contribution is -2.42. The summed E-state index contributed by atoms with van der Waals surface area (Å²) >= 11 is 23.4. The number of aliphatic hydroxyl groups excluding tert-OH is 4. The highest BCUT2D eigenvalue weighted by atomic mass is 35.5. The van der Waals surface area contributed by atoms with Crippen molar-refractivity contribution in [2.75, 3.05) is 142 Å². The molecule has 8 atom stereocenters. The Balaban J connectivity index is 0.000000195. The van der Waals surface area contributed by atoms with Crippen LogP contribution >= 0.6 is 46.4 Å². The second-order valence-electron chi connectivity index (χ2n) is 36.3. The number of imidazole rings is 2. The molecule has 20 nitrogen and oxygen atoms in total. The van der Waals surface area contributed by atoms with Gasteiger partial charge in [0.15, 0.2) is 23.1 Å². The fraction of sp³-hybridized carbons (Fsp3) is 0.481. The predicted octanol–water partition coefficient (Wildman–Crippen LogP) is 19.4. The zero-order valence-electron chi connectivity index (χ0n) is 78.0. The molecule has 10 aromatic rings. The van der Waals surface area contributed by atoms with Crippen molar-refractivity contribution in [1.82, 2.24) is 28.9 Å². The molecular weight excluding hydrogens is 1740 g/mol. The van der Waals surface area contributed by atoms with Crippen LogP contribution in [0.25, 0.3) is 0 Å². The van der Waals surface area contributed by atoms with Crippen molar-refractivity contribution in [1.29, 1.82) is 0 Å². The van der Waals surface area contributed by atoms with Crippen LogP contribution in [0.5, 0.6) is 46.0 Å². The number of halogens is 6. The summed E-state index contributed by atoms with van der Waals surface area (Å²) < 4.78 is 89.7. The second-order valence-corrected chi connectivity index (χ2v) is 37.6. The maximum Gasteiger partial charge on any atom is 0.165 e. The van der Waals surface area contributed by atoms with Crippen molar-refractivity contribution in [3.63, 3.8) is 0 Å². The highest BCUT2D eigenvalue weighted by molar-refractivity contribution is 6.18. The first-order valence-electron chi connectivity index (χ1n) is 44.9. The number of aryl methyl sites for hydroxylation is 2. The lowest BCUT2D eigenvalue weighted by Gasteiger charge is -2.28. The zero-order chi connectivity index (χ0) is 94.0. The lowest BCUT2D eigenvalue weighted by molar-refractivity contribution is 0.00452. The average Bonchev–Trinajstić information content (AvgIpc) is 0.862. The molecule has 8 unspecified atom stereocenters. The Labute approximate surface area is 789 Å². The van der Waals surface area contributed by atoms with Gasteiger partial charge in [0.1, 0.15) is 85.3 Å². The third-order valence-electron chi connectivity index (χ3n) is 23.4. The lowest BCUT2D eigenvalue weighted by atomic mass is 9.77. The first kappa shape index (κ1) is 105. The minimum Gasteiger partial charge on any atom is -0.493 e. The number of morpholine rings is 2. The number of aliphatic hydroxyl groups is 4. The molecule has 12 rings (SSSR count). The molecule has 130 heavy (non-hydrogen) atoms. The number of hydrogen-bond donors (Lipinski definition) is 4. The van der Waals surface area contributed by atoms with Gasteiger partial charge in [-0.1, -0.05) is 168 Å². The molecule has 2 saturated heterocycles. The number of hydrogen-bond acceptors (Lipinski definition) is 18. The van der Waals surface area contributed by atoms with E-state index in [4.69, 9.17) is 93.8 Å². The van der Waals surface area contributed by atoms with Crippen LogP contribution in [-0.4, -0.2) is 216 Å². The summed E-state index contributed by atoms with van der Waals surface area (Å²) in [6.07, 6.45) is 7.99. The molecule has 0 saturated carbocycles. The van der Waals surface area contributed by atoms with E-state index in [1.807, 2.05) is 129 Å². The van der Waals surface area contributed by atoms with E-state index in [0.717, 1.165) is 95.8 Å². The molecule has 2 fully saturated rings. The van der Waals surface area contributed by atoms with Crippen molar-refractivity contribution in [3.05, 3.63) is 275 Å². The summed E-state index contributed by atoms with van der Waals surface area (Å²) in [5.41, 5.74) is 9.67. The molecule has 0 bridgehead atoms. The Hall–Kier alpha value is -8.72. The largest absolute Gasteiger partial charge is 0.493 e. The number of nitrogens with zero attached hydrogens (tertiary/aromatic N) is 6. The summed E-state index contributed by atoms with van der Waals surface area (Å²) in [6, 6.07) is 54.6. The summed E-state index contributed by atoms with van der Waals surface area (Å²) in [5, 5.41) is 40.8. The van der Waals surface area contributed by atoms with Crippen molar-refractivity contribution in [2.45, 2.75) is 156 Å². The van der Waals surface area contributed by atoms with Gasteiger partial charge in [0.2, 0.25) is 0 Å². The van der Waals surface area contributed by atoms with Crippen LogP contribution < -0.4 is 37.9 Å². The third-order valence-corrected chi connectivity index (χ3v) is 25.5. The van der Waals surface area contributed by atoms with E-state index >= 15 is 0 Å². The van der Waals surface area contributed by atoms with Crippen LogP contribution in [0.1, 0.15) is 139 Å². The minimum atomic E-state index is -0.642. The number of β-amino-alcohol motifs (C(OH)–C–C–N with tert-alkyl or cyclic N) is 2. The van der Waals surface area contributed by atoms with E-state index in [1.165, 1.54) is 34.4 Å². The molecule has 2 aromatic heterocycles. The monoisotopic (exact) mass is 1870 g/mol. The van der Waals surface area contributed by atoms with Gasteiger partial charge in [-0.2, -0.15) is 0 Å². The SMILES string of the molecule is CC(CCl)COc1ccc(C(C)(C)c2ccc(OCC(O)CN3CCOCC3)cc2)cc1F.CC(CCl)COc1ccc(C(C)(C)c2ccc(OCC(O)Cn3ccnc3)cc2)cc1F.Cc1cc(C(C)(C)c2ccc(OCC(O)CN3CCOCC3)cc2)ccc1OCC(C)CCl.Cc1cc(C(C)(C)c2ccc(OCC(O)Cn3ccnc3)cc2)ccc1OCC(C)CCl. The predicted molar refractivity (Wildman–Crippen MR) is 516 cm³/mol. The molecule has 8 aromatic carbocycles. The molecule has 0 amide bonds. The van der Waals surface area contributed by atoms with Crippen LogP contribution in [-0.2, 0) is 44.2 Å². The van der Waals surface area contributed by atoms with Gasteiger partial charge >= 0.3 is 0 Å². The van der Waals surface area contributed by atoms with Crippen molar-refractivity contribution in [2.24, 2.45) is 23.7 Å². The van der Waals surface area contributed by atoms with Crippen LogP contribution in [0.3, 0.4) is 0 Å². The number of alkyl halides is 4. The Kier molecular flexibility index (Phi) is 42.1. The molecule has 4 heterocycles. The highest BCUT2D eigenvalue weighted by Gasteiger charge is 2.30. The molecular formula is C104H136Cl4F2N6O14. The minimum absolute atomic E-state index is 0.153. The first-order chi connectivity index (χ1) is 62.2. The first-order valence-corrected chi connectivity index (χ1v) is 47.1. The van der Waals surface area contributed by atoms with Gasteiger partial charge in [0.25, 0.3) is 0 Å². The van der Waals surface area contributed by atoms with Crippen molar-refractivity contribution >= 4 is 46.4 Å². The summed E-state index contributed by atoms with van der Waals surface area (Å²) in [7, 11) is 0. The standard InChI is InChI=1S/C27H38ClNO4.C26H35ClFNO4.C26H33ClN2O3.C25H30ClFN2O3/c1-20(16-28)18-33-26-10-7-23(15-21(26)2)27(3,4)22-5-8-25(9-6-22)32-19-24(30)17-29-11-13-31-14-12-29;1-19(15-27)17-33-25-9-6-21(14-24(25)28)26(2,3)20-4-7-23(8-5-20)32-18-22(30)16-29-10-12-31-13-11-29;1-19(14-27)16-32-25-10-7-22(13-20(25)2)26(3,4)21-5-8-24(9-6-21)31-17-23(30)15-29-12-11-28-18-29;1-18(13-26)15-32-24-9-6-20(12-23(24)27)25(2,3)19-4-7-22(8-5-19)31-16-21(30)14-29-11-10-28-17-29/h5-10,15,20,24,30H,11-14,16-19H2,1-4H3;4-9,14,19,22,30H,10-13,15-18H2,1-3H3;5-13,18-19,23,30H,14-17H2,1-4H3;4-12,17-18,21,30H,13-16H2,1-3H3. The number of benzene rings is 8. The topological polar surface area (TPSA) is 215 Å². The summed E-state index contributed by atoms with van der Waals surface area (Å²) in [6.45, 7) is 40.5. The maximum atomic E-state index is 14.6. The maximum absolute atomic E-state index is 14.6. The average molecular weight is 1870 g/mol. The zero-order valence-corrected chi connectivity index (χ0v) is 81.1. The van der Waals surface area contributed by atoms with Gasteiger partial charge in [0.05, 0.1) is 78.6 Å². The Bertz CT molecular complexity index is 4600. The molecule has 26 heteroatoms. The molecule has 2 aliphatic rings. The molecule has 2 aliphatic heterocycles. The summed E-state index contributed by atoms with van der Waals surface area (Å²) in [4.78, 5) is 12.3. The van der Waals surface area contributed by atoms with Crippen molar-refractivity contribution < 1.29 is 76.6 Å². The van der Waals surface area contributed by atoms with Crippen LogP contribution in [0.2, 0.25) is 0 Å². The number of aromatic nitrogens is 4. The van der Waals surface area contributed by atoms with Crippen LogP contribution in [0.15, 0.2) is 207 Å². The van der Waals surface area contributed by atoms with Gasteiger partial charge in [-0.05, 0) is 154 Å². The van der Waals surface area contributed by atoms with Gasteiger partial charge in [-0.15, -0.1) is 46.4 Å². The van der Waals surface area contributed by atoms with E-state index in [2.05, 4.69) is 144 Å². The number of ether oxygens (including phenoxy) is 10. The summed E-state index contributed by atoms with van der Waals surface area (Å²) in [5.74, 6) is 7.46. The van der Waals surface area contributed by atoms with Gasteiger partial charge in [-0.3, -0.25) is 9.80 Å². The molecule has 708 valence electrons. The molecule has 0 spiro atoms. The van der Waals surface area contributed by atoms with E-state index in [0.29, 0.717) is 113 Å². The fourth-order valence-electron chi connectivity index (χ4n) is 14.5. The fourth-order valence-corrected chi connectivity index (χ4v) is 14.8. The Morgan fingerprint density at radius 2 is 0.569 bits per heavy atom. The number of rotatable bonds is 44. The van der Waals surface area contributed by atoms with Crippen LogP contribution in [0.4, 0.5) is 8.78 Å². The van der Waals surface area contributed by atoms with Gasteiger partial charge < -0.3 is 76.9 Å². The van der Waals surface area contributed by atoms with E-state index < -0.39 is 35.2 Å². The van der Waals surface area contributed by atoms with Gasteiger partial charge in [0, 0.05) is 133 Å². The normalized spacial score (nSPS) is 15.3. The molecule has 0 aliphatic carbocycles. The molecule has 4 N–H and O–H groups in total.